The summed E-state index contributed by atoms with van der Waals surface area (Å²) in [4.78, 5) is 36.0. The third kappa shape index (κ3) is 2.59. The second kappa shape index (κ2) is 5.85. The Bertz CT molecular complexity index is 814. The standard InChI is InChI=1S/C16H12N2O4S/c1-17-13-4-2-10(11(8-19)9-20)6-15(13)23-16-7-12(18(21)22)3-5-14(16)17/h2-9,11H,1H3. The molecule has 2 aromatic carbocycles. The third-order valence-corrected chi connectivity index (χ3v) is 4.85. The monoisotopic (exact) mass is 328 g/mol. The molecule has 0 aliphatic carbocycles. The molecule has 0 spiro atoms. The molecule has 0 saturated carbocycles. The summed E-state index contributed by atoms with van der Waals surface area (Å²) in [5.41, 5.74) is 2.45. The fourth-order valence-electron chi connectivity index (χ4n) is 2.51. The number of anilines is 2. The minimum absolute atomic E-state index is 0.0305. The average molecular weight is 328 g/mol. The number of nitrogens with zero attached hydrogens (tertiary/aromatic N) is 2. The van der Waals surface area contributed by atoms with Crippen molar-refractivity contribution in [1.82, 2.24) is 0 Å². The number of fused-ring (bicyclic) bond motifs is 2. The zero-order chi connectivity index (χ0) is 16.6. The van der Waals surface area contributed by atoms with Crippen LogP contribution in [0.15, 0.2) is 46.2 Å². The van der Waals surface area contributed by atoms with Gasteiger partial charge in [0, 0.05) is 29.0 Å². The average Bonchev–Trinajstić information content (AvgIpc) is 2.55. The summed E-state index contributed by atoms with van der Waals surface area (Å²) in [6, 6.07) is 10.1. The highest BCUT2D eigenvalue weighted by Gasteiger charge is 2.24. The highest BCUT2D eigenvalue weighted by molar-refractivity contribution is 7.99. The van der Waals surface area contributed by atoms with Crippen molar-refractivity contribution in [3.05, 3.63) is 52.1 Å². The van der Waals surface area contributed by atoms with E-state index in [1.54, 1.807) is 18.2 Å². The molecule has 0 atom stereocenters. The van der Waals surface area contributed by atoms with Crippen molar-refractivity contribution in [2.45, 2.75) is 15.7 Å². The Hall–Kier alpha value is -2.67. The number of hydrogen-bond acceptors (Lipinski definition) is 6. The van der Waals surface area contributed by atoms with Gasteiger partial charge in [0.2, 0.25) is 0 Å². The summed E-state index contributed by atoms with van der Waals surface area (Å²) in [5.74, 6) is -0.794. The van der Waals surface area contributed by atoms with Crippen LogP contribution in [-0.2, 0) is 9.59 Å². The van der Waals surface area contributed by atoms with Gasteiger partial charge in [0.25, 0.3) is 5.69 Å². The number of non-ortho nitro benzene ring substituents is 1. The summed E-state index contributed by atoms with van der Waals surface area (Å²) in [6.45, 7) is 0. The maximum Gasteiger partial charge on any atom is 0.270 e. The van der Waals surface area contributed by atoms with Crippen LogP contribution in [0, 0.1) is 10.1 Å². The second-order valence-corrected chi connectivity index (χ2v) is 6.18. The molecule has 1 aliphatic rings. The van der Waals surface area contributed by atoms with Gasteiger partial charge in [-0.25, -0.2) is 0 Å². The molecular weight excluding hydrogens is 316 g/mol. The fourth-order valence-corrected chi connectivity index (χ4v) is 3.74. The lowest BCUT2D eigenvalue weighted by Crippen LogP contribution is -2.15. The van der Waals surface area contributed by atoms with E-state index < -0.39 is 10.8 Å². The van der Waals surface area contributed by atoms with Crippen molar-refractivity contribution in [2.24, 2.45) is 0 Å². The third-order valence-electron chi connectivity index (χ3n) is 3.76. The molecule has 3 rings (SSSR count). The van der Waals surface area contributed by atoms with E-state index in [0.29, 0.717) is 18.1 Å². The van der Waals surface area contributed by atoms with Gasteiger partial charge >= 0.3 is 0 Å². The number of rotatable bonds is 4. The van der Waals surface area contributed by atoms with Gasteiger partial charge in [-0.15, -0.1) is 0 Å². The lowest BCUT2D eigenvalue weighted by atomic mass is 10.0. The molecular formula is C16H12N2O4S. The van der Waals surface area contributed by atoms with Gasteiger partial charge in [-0.1, -0.05) is 17.8 Å². The van der Waals surface area contributed by atoms with Crippen molar-refractivity contribution in [2.75, 3.05) is 11.9 Å². The van der Waals surface area contributed by atoms with Gasteiger partial charge in [-0.3, -0.25) is 10.1 Å². The molecule has 0 aromatic heterocycles. The predicted octanol–water partition coefficient (Wildman–Crippen LogP) is 3.31. The summed E-state index contributed by atoms with van der Waals surface area (Å²) in [7, 11) is 1.87. The highest BCUT2D eigenvalue weighted by Crippen LogP contribution is 2.48. The van der Waals surface area contributed by atoms with Gasteiger partial charge in [-0.05, 0) is 23.8 Å². The molecule has 0 bridgehead atoms. The molecule has 116 valence electrons. The summed E-state index contributed by atoms with van der Waals surface area (Å²) in [5, 5.41) is 10.9. The quantitative estimate of drug-likeness (QED) is 0.371. The molecule has 1 heterocycles. The van der Waals surface area contributed by atoms with E-state index in [1.165, 1.54) is 23.9 Å². The van der Waals surface area contributed by atoms with Crippen LogP contribution in [0.1, 0.15) is 11.5 Å². The van der Waals surface area contributed by atoms with Crippen molar-refractivity contribution in [3.63, 3.8) is 0 Å². The number of aldehydes is 2. The topological polar surface area (TPSA) is 80.5 Å². The maximum absolute atomic E-state index is 11.0. The Labute approximate surface area is 136 Å². The van der Waals surface area contributed by atoms with Crippen molar-refractivity contribution >= 4 is 41.4 Å². The second-order valence-electron chi connectivity index (χ2n) is 5.10. The molecule has 7 heteroatoms. The summed E-state index contributed by atoms with van der Waals surface area (Å²) < 4.78 is 0. The first-order valence-corrected chi connectivity index (χ1v) is 7.61. The first kappa shape index (κ1) is 15.2. The maximum atomic E-state index is 11.0. The SMILES string of the molecule is CN1c2ccc(C(C=O)C=O)cc2Sc2cc([N+](=O)[O-])ccc21. The van der Waals surface area contributed by atoms with Crippen LogP contribution in [0.4, 0.5) is 17.1 Å². The minimum Gasteiger partial charge on any atom is -0.343 e. The molecule has 6 nitrogen and oxygen atoms in total. The lowest BCUT2D eigenvalue weighted by molar-refractivity contribution is -0.385. The Morgan fingerprint density at radius 1 is 1.09 bits per heavy atom. The number of nitro benzene ring substituents is 1. The largest absolute Gasteiger partial charge is 0.343 e. The first-order valence-electron chi connectivity index (χ1n) is 6.79. The molecule has 0 amide bonds. The van der Waals surface area contributed by atoms with Crippen molar-refractivity contribution < 1.29 is 14.5 Å². The summed E-state index contributed by atoms with van der Waals surface area (Å²) in [6.07, 6.45) is 1.20. The first-order chi connectivity index (χ1) is 11.0. The van der Waals surface area contributed by atoms with Crippen LogP contribution >= 0.6 is 11.8 Å². The highest BCUT2D eigenvalue weighted by atomic mass is 32.2. The van der Waals surface area contributed by atoms with Crippen LogP contribution < -0.4 is 4.90 Å². The Morgan fingerprint density at radius 3 is 2.30 bits per heavy atom. The van der Waals surface area contributed by atoms with E-state index in [-0.39, 0.29) is 5.69 Å². The van der Waals surface area contributed by atoms with Gasteiger partial charge in [0.1, 0.15) is 12.6 Å². The Kier molecular flexibility index (Phi) is 3.87. The molecule has 23 heavy (non-hydrogen) atoms. The van der Waals surface area contributed by atoms with E-state index in [9.17, 15) is 19.7 Å². The number of benzene rings is 2. The van der Waals surface area contributed by atoms with Crippen molar-refractivity contribution in [3.8, 4) is 0 Å². The number of carbonyl (C=O) groups excluding carboxylic acids is 2. The molecule has 0 fully saturated rings. The zero-order valence-electron chi connectivity index (χ0n) is 12.1. The molecule has 2 aromatic rings. The molecule has 0 saturated heterocycles. The van der Waals surface area contributed by atoms with E-state index in [1.807, 2.05) is 18.0 Å². The zero-order valence-corrected chi connectivity index (χ0v) is 12.9. The van der Waals surface area contributed by atoms with Crippen LogP contribution in [0.5, 0.6) is 0 Å². The van der Waals surface area contributed by atoms with Crippen LogP contribution in [0.25, 0.3) is 0 Å². The Balaban J connectivity index is 2.06. The van der Waals surface area contributed by atoms with Crippen molar-refractivity contribution in [1.29, 1.82) is 0 Å². The number of carbonyl (C=O) groups is 2. The predicted molar refractivity (Wildman–Crippen MR) is 86.6 cm³/mol. The van der Waals surface area contributed by atoms with Gasteiger partial charge < -0.3 is 14.5 Å². The fraction of sp³-hybridized carbons (Fsp3) is 0.125. The lowest BCUT2D eigenvalue weighted by Gasteiger charge is -2.29. The Morgan fingerprint density at radius 2 is 1.70 bits per heavy atom. The van der Waals surface area contributed by atoms with E-state index >= 15 is 0 Å². The van der Waals surface area contributed by atoms with E-state index in [4.69, 9.17) is 0 Å². The normalized spacial score (nSPS) is 12.5. The summed E-state index contributed by atoms with van der Waals surface area (Å²) >= 11 is 1.39. The smallest absolute Gasteiger partial charge is 0.270 e. The van der Waals surface area contributed by atoms with Crippen LogP contribution in [0.3, 0.4) is 0 Å². The molecule has 1 aliphatic heterocycles. The molecule has 0 N–H and O–H groups in total. The number of hydrogen-bond donors (Lipinski definition) is 0. The van der Waals surface area contributed by atoms with E-state index in [0.717, 1.165) is 21.2 Å². The molecule has 0 radical (unpaired) electrons. The molecule has 0 unspecified atom stereocenters. The van der Waals surface area contributed by atoms with E-state index in [2.05, 4.69) is 0 Å². The van der Waals surface area contributed by atoms with Crippen LogP contribution in [-0.4, -0.2) is 24.5 Å². The van der Waals surface area contributed by atoms with Gasteiger partial charge in [-0.2, -0.15) is 0 Å². The van der Waals surface area contributed by atoms with Crippen LogP contribution in [0.2, 0.25) is 0 Å². The van der Waals surface area contributed by atoms with Gasteiger partial charge in [0.15, 0.2) is 0 Å². The van der Waals surface area contributed by atoms with Gasteiger partial charge in [0.05, 0.1) is 22.2 Å². The minimum atomic E-state index is -0.794. The number of nitro groups is 1.